The highest BCUT2D eigenvalue weighted by Gasteiger charge is 2.16. The number of carbonyl (C=O) groups excluding carboxylic acids is 2. The van der Waals surface area contributed by atoms with E-state index in [0.29, 0.717) is 19.3 Å². The van der Waals surface area contributed by atoms with Gasteiger partial charge in [-0.25, -0.2) is 0 Å². The van der Waals surface area contributed by atoms with Gasteiger partial charge in [-0.2, -0.15) is 0 Å². The number of aliphatic hydroxyl groups excluding tert-OH is 1. The summed E-state index contributed by atoms with van der Waals surface area (Å²) in [7, 11) is 0. The van der Waals surface area contributed by atoms with Crippen LogP contribution < -0.4 is 0 Å². The SMILES string of the molecule is CCCCCC=CCC=CCC=CCC=CCCCC(=O)OCC(CO)OC(=O)CCCCCCCCCC=CCC=CCCCCC. The van der Waals surface area contributed by atoms with E-state index in [9.17, 15) is 14.7 Å². The number of rotatable bonds is 34. The third-order valence-electron chi connectivity index (χ3n) is 7.97. The van der Waals surface area contributed by atoms with E-state index in [2.05, 4.69) is 86.8 Å². The van der Waals surface area contributed by atoms with Crippen molar-refractivity contribution in [3.05, 3.63) is 72.9 Å². The highest BCUT2D eigenvalue weighted by Crippen LogP contribution is 2.11. The first kappa shape index (κ1) is 45.3. The molecule has 0 aromatic carbocycles. The quantitative estimate of drug-likeness (QED) is 0.0420. The van der Waals surface area contributed by atoms with Crippen molar-refractivity contribution in [2.45, 2.75) is 174 Å². The van der Waals surface area contributed by atoms with Gasteiger partial charge in [0.15, 0.2) is 6.10 Å². The molecule has 1 N–H and O–H groups in total. The lowest BCUT2D eigenvalue weighted by Crippen LogP contribution is -2.28. The van der Waals surface area contributed by atoms with Crippen molar-refractivity contribution in [3.8, 4) is 0 Å². The van der Waals surface area contributed by atoms with E-state index in [1.165, 1.54) is 77.0 Å². The second kappa shape index (κ2) is 38.8. The summed E-state index contributed by atoms with van der Waals surface area (Å²) in [5, 5.41) is 9.54. The summed E-state index contributed by atoms with van der Waals surface area (Å²) < 4.78 is 10.6. The molecule has 0 saturated heterocycles. The van der Waals surface area contributed by atoms with Crippen molar-refractivity contribution in [1.82, 2.24) is 0 Å². The lowest BCUT2D eigenvalue weighted by atomic mass is 10.1. The Balaban J connectivity index is 3.69. The first-order chi connectivity index (χ1) is 23.6. The Bertz CT molecular complexity index is 895. The molecule has 0 aromatic heterocycles. The largest absolute Gasteiger partial charge is 0.462 e. The number of unbranched alkanes of at least 4 members (excludes halogenated alkanes) is 14. The van der Waals surface area contributed by atoms with E-state index in [0.717, 1.165) is 57.8 Å². The standard InChI is InChI=1S/C43H72O5/c1-3-5-7-9-11-13-15-17-19-21-23-25-27-29-31-33-35-37-42(45)47-40-41(39-44)48-43(46)38-36-34-32-30-28-26-24-22-20-18-16-14-12-10-8-6-4-2/h11-14,17-20,23,25,29,31,41,44H,3-10,15-16,21-22,24,26-28,30,32-40H2,1-2H3. The van der Waals surface area contributed by atoms with Crippen molar-refractivity contribution in [2.75, 3.05) is 13.2 Å². The predicted molar refractivity (Wildman–Crippen MR) is 205 cm³/mol. The molecule has 0 aromatic rings. The molecule has 0 radical (unpaired) electrons. The van der Waals surface area contributed by atoms with Gasteiger partial charge < -0.3 is 14.6 Å². The summed E-state index contributed by atoms with van der Waals surface area (Å²) in [4.78, 5) is 24.2. The van der Waals surface area contributed by atoms with Crippen LogP contribution in [0.15, 0.2) is 72.9 Å². The van der Waals surface area contributed by atoms with E-state index < -0.39 is 6.10 Å². The second-order valence-electron chi connectivity index (χ2n) is 12.6. The Kier molecular flexibility index (Phi) is 36.6. The van der Waals surface area contributed by atoms with Gasteiger partial charge in [-0.05, 0) is 83.5 Å². The van der Waals surface area contributed by atoms with Gasteiger partial charge in [-0.15, -0.1) is 0 Å². The van der Waals surface area contributed by atoms with Gasteiger partial charge in [0.05, 0.1) is 6.61 Å². The number of allylic oxidation sites excluding steroid dienone is 12. The smallest absolute Gasteiger partial charge is 0.306 e. The topological polar surface area (TPSA) is 72.8 Å². The Labute approximate surface area is 295 Å². The average Bonchev–Trinajstić information content (AvgIpc) is 3.09. The molecule has 274 valence electrons. The number of ether oxygens (including phenoxy) is 2. The zero-order valence-corrected chi connectivity index (χ0v) is 31.0. The Hall–Kier alpha value is -2.66. The second-order valence-corrected chi connectivity index (χ2v) is 12.6. The molecular weight excluding hydrogens is 596 g/mol. The first-order valence-corrected chi connectivity index (χ1v) is 19.5. The van der Waals surface area contributed by atoms with Crippen molar-refractivity contribution in [3.63, 3.8) is 0 Å². The fourth-order valence-electron chi connectivity index (χ4n) is 4.99. The fraction of sp³-hybridized carbons (Fsp3) is 0.674. The molecule has 0 spiro atoms. The monoisotopic (exact) mass is 669 g/mol. The minimum absolute atomic E-state index is 0.101. The number of carbonyl (C=O) groups is 2. The van der Waals surface area contributed by atoms with E-state index in [-0.39, 0.29) is 25.2 Å². The van der Waals surface area contributed by atoms with Crippen molar-refractivity contribution in [1.29, 1.82) is 0 Å². The van der Waals surface area contributed by atoms with Crippen molar-refractivity contribution in [2.24, 2.45) is 0 Å². The van der Waals surface area contributed by atoms with Crippen LogP contribution in [0.1, 0.15) is 168 Å². The fourth-order valence-corrected chi connectivity index (χ4v) is 4.99. The molecule has 1 unspecified atom stereocenters. The van der Waals surface area contributed by atoms with Crippen LogP contribution in [0.4, 0.5) is 0 Å². The third-order valence-corrected chi connectivity index (χ3v) is 7.97. The van der Waals surface area contributed by atoms with Crippen molar-refractivity contribution >= 4 is 11.9 Å². The maximum atomic E-state index is 12.2. The number of hydrogen-bond acceptors (Lipinski definition) is 5. The molecule has 5 nitrogen and oxygen atoms in total. The van der Waals surface area contributed by atoms with Crippen LogP contribution in [-0.4, -0.2) is 36.4 Å². The van der Waals surface area contributed by atoms with Gasteiger partial charge >= 0.3 is 11.9 Å². The number of aliphatic hydroxyl groups is 1. The Morgan fingerprint density at radius 2 is 0.854 bits per heavy atom. The minimum Gasteiger partial charge on any atom is -0.462 e. The summed E-state index contributed by atoms with van der Waals surface area (Å²) >= 11 is 0. The summed E-state index contributed by atoms with van der Waals surface area (Å²) in [5.41, 5.74) is 0. The Morgan fingerprint density at radius 3 is 1.31 bits per heavy atom. The van der Waals surface area contributed by atoms with Gasteiger partial charge in [-0.1, -0.05) is 145 Å². The molecule has 1 atom stereocenters. The highest BCUT2D eigenvalue weighted by molar-refractivity contribution is 5.70. The van der Waals surface area contributed by atoms with Gasteiger partial charge in [0.25, 0.3) is 0 Å². The molecule has 0 fully saturated rings. The first-order valence-electron chi connectivity index (χ1n) is 19.5. The summed E-state index contributed by atoms with van der Waals surface area (Å²) in [5.74, 6) is -0.671. The van der Waals surface area contributed by atoms with Gasteiger partial charge in [0.1, 0.15) is 6.61 Å². The highest BCUT2D eigenvalue weighted by atomic mass is 16.6. The van der Waals surface area contributed by atoms with Crippen LogP contribution in [0, 0.1) is 0 Å². The van der Waals surface area contributed by atoms with E-state index in [1.807, 2.05) is 0 Å². The summed E-state index contributed by atoms with van der Waals surface area (Å²) in [6, 6.07) is 0. The van der Waals surface area contributed by atoms with Gasteiger partial charge in [-0.3, -0.25) is 9.59 Å². The molecular formula is C43H72O5. The molecule has 0 heterocycles. The van der Waals surface area contributed by atoms with E-state index in [4.69, 9.17) is 9.47 Å². The maximum Gasteiger partial charge on any atom is 0.306 e. The normalized spacial score (nSPS) is 13.0. The molecule has 0 rings (SSSR count). The lowest BCUT2D eigenvalue weighted by molar-refractivity contribution is -0.161. The zero-order valence-electron chi connectivity index (χ0n) is 31.0. The zero-order chi connectivity index (χ0) is 35.0. The number of esters is 2. The van der Waals surface area contributed by atoms with Crippen LogP contribution in [-0.2, 0) is 19.1 Å². The van der Waals surface area contributed by atoms with Crippen LogP contribution in [0.3, 0.4) is 0 Å². The number of hydrogen-bond donors (Lipinski definition) is 1. The van der Waals surface area contributed by atoms with Crippen LogP contribution in [0.25, 0.3) is 0 Å². The van der Waals surface area contributed by atoms with E-state index >= 15 is 0 Å². The summed E-state index contributed by atoms with van der Waals surface area (Å²) in [6.45, 7) is 4.01. The van der Waals surface area contributed by atoms with Crippen LogP contribution in [0.5, 0.6) is 0 Å². The molecule has 0 aliphatic carbocycles. The van der Waals surface area contributed by atoms with Gasteiger partial charge in [0, 0.05) is 12.8 Å². The predicted octanol–water partition coefficient (Wildman–Crippen LogP) is 12.2. The molecule has 5 heteroatoms. The summed E-state index contributed by atoms with van der Waals surface area (Å²) in [6.07, 6.45) is 51.0. The minimum atomic E-state index is -0.800. The average molecular weight is 669 g/mol. The molecule has 0 aliphatic heterocycles. The molecule has 0 aliphatic rings. The van der Waals surface area contributed by atoms with E-state index in [1.54, 1.807) is 0 Å². The van der Waals surface area contributed by atoms with Gasteiger partial charge in [0.2, 0.25) is 0 Å². The van der Waals surface area contributed by atoms with Crippen LogP contribution >= 0.6 is 0 Å². The third kappa shape index (κ3) is 36.2. The molecule has 0 amide bonds. The lowest BCUT2D eigenvalue weighted by Gasteiger charge is -2.15. The van der Waals surface area contributed by atoms with Crippen molar-refractivity contribution < 1.29 is 24.2 Å². The maximum absolute atomic E-state index is 12.2. The Morgan fingerprint density at radius 1 is 0.479 bits per heavy atom. The van der Waals surface area contributed by atoms with Crippen LogP contribution in [0.2, 0.25) is 0 Å². The molecule has 0 bridgehead atoms. The molecule has 0 saturated carbocycles. The molecule has 48 heavy (non-hydrogen) atoms.